The number of halogens is 1. The second-order valence-electron chi connectivity index (χ2n) is 6.09. The molecule has 7 heteroatoms. The summed E-state index contributed by atoms with van der Waals surface area (Å²) < 4.78 is 12.7. The van der Waals surface area contributed by atoms with Crippen LogP contribution >= 0.6 is 15.9 Å². The SMILES string of the molecule is CC(OC(=O)CCCn1c(=O)oc2ccccc21)C(=O)c1ccc(Br)cc1. The molecular weight excluding hydrogens is 414 g/mol. The summed E-state index contributed by atoms with van der Waals surface area (Å²) in [7, 11) is 0. The fourth-order valence-electron chi connectivity index (χ4n) is 2.77. The van der Waals surface area contributed by atoms with Crippen molar-refractivity contribution in [1.82, 2.24) is 4.57 Å². The van der Waals surface area contributed by atoms with Crippen LogP contribution in [0.4, 0.5) is 0 Å². The number of aryl methyl sites for hydroxylation is 1. The minimum Gasteiger partial charge on any atom is -0.454 e. The molecule has 0 N–H and O–H groups in total. The summed E-state index contributed by atoms with van der Waals surface area (Å²) in [6.07, 6.45) is -0.359. The van der Waals surface area contributed by atoms with Gasteiger partial charge in [-0.2, -0.15) is 0 Å². The molecular formula is C20H18BrNO5. The first-order valence-corrected chi connectivity index (χ1v) is 9.32. The van der Waals surface area contributed by atoms with E-state index in [1.807, 2.05) is 6.07 Å². The van der Waals surface area contributed by atoms with Gasteiger partial charge in [0.1, 0.15) is 0 Å². The maximum Gasteiger partial charge on any atom is 0.419 e. The number of hydrogen-bond acceptors (Lipinski definition) is 5. The van der Waals surface area contributed by atoms with Gasteiger partial charge >= 0.3 is 11.7 Å². The van der Waals surface area contributed by atoms with Crippen molar-refractivity contribution in [3.63, 3.8) is 0 Å². The summed E-state index contributed by atoms with van der Waals surface area (Å²) in [6, 6.07) is 14.0. The van der Waals surface area contributed by atoms with E-state index in [1.165, 1.54) is 4.57 Å². The average molecular weight is 432 g/mol. The van der Waals surface area contributed by atoms with Crippen LogP contribution in [0.15, 0.2) is 62.2 Å². The standard InChI is InChI=1S/C20H18BrNO5/c1-13(19(24)14-8-10-15(21)11-9-14)26-18(23)7-4-12-22-16-5-2-3-6-17(16)27-20(22)25/h2-3,5-6,8-11,13H,4,7,12H2,1H3. The zero-order chi connectivity index (χ0) is 19.4. The Labute approximate surface area is 163 Å². The lowest BCUT2D eigenvalue weighted by Gasteiger charge is -2.12. The number of carbonyl (C=O) groups excluding carboxylic acids is 2. The summed E-state index contributed by atoms with van der Waals surface area (Å²) >= 11 is 3.31. The van der Waals surface area contributed by atoms with Crippen LogP contribution in [0.5, 0.6) is 0 Å². The van der Waals surface area contributed by atoms with Crippen LogP contribution in [0.1, 0.15) is 30.1 Å². The lowest BCUT2D eigenvalue weighted by Crippen LogP contribution is -2.24. The molecule has 0 saturated carbocycles. The van der Waals surface area contributed by atoms with E-state index >= 15 is 0 Å². The number of Topliss-reactive ketones (excluding diaryl/α,β-unsaturated/α-hetero) is 1. The maximum atomic E-state index is 12.3. The van der Waals surface area contributed by atoms with Crippen molar-refractivity contribution in [3.8, 4) is 0 Å². The molecule has 0 aliphatic rings. The number of esters is 1. The molecule has 0 aliphatic heterocycles. The highest BCUT2D eigenvalue weighted by Gasteiger charge is 2.19. The molecule has 0 radical (unpaired) electrons. The highest BCUT2D eigenvalue weighted by atomic mass is 79.9. The first-order valence-electron chi connectivity index (χ1n) is 8.53. The number of rotatable bonds is 7. The highest BCUT2D eigenvalue weighted by Crippen LogP contribution is 2.14. The van der Waals surface area contributed by atoms with Crippen molar-refractivity contribution >= 4 is 38.8 Å². The first-order chi connectivity index (χ1) is 13.0. The van der Waals surface area contributed by atoms with Gasteiger partial charge in [-0.3, -0.25) is 14.2 Å². The number of aromatic nitrogens is 1. The fourth-order valence-corrected chi connectivity index (χ4v) is 3.03. The molecule has 0 amide bonds. The van der Waals surface area contributed by atoms with Crippen molar-refractivity contribution in [1.29, 1.82) is 0 Å². The Morgan fingerprint density at radius 1 is 1.15 bits per heavy atom. The number of benzene rings is 2. The van der Waals surface area contributed by atoms with Gasteiger partial charge in [0.2, 0.25) is 5.78 Å². The molecule has 3 aromatic rings. The van der Waals surface area contributed by atoms with Crippen LogP contribution < -0.4 is 5.76 Å². The molecule has 0 aliphatic carbocycles. The lowest BCUT2D eigenvalue weighted by molar-refractivity contribution is -0.146. The molecule has 1 heterocycles. The number of carbonyl (C=O) groups is 2. The smallest absolute Gasteiger partial charge is 0.419 e. The molecule has 140 valence electrons. The van der Waals surface area contributed by atoms with E-state index in [-0.39, 0.29) is 12.2 Å². The summed E-state index contributed by atoms with van der Waals surface area (Å²) in [5, 5.41) is 0. The zero-order valence-electron chi connectivity index (χ0n) is 14.7. The zero-order valence-corrected chi connectivity index (χ0v) is 16.3. The number of hydrogen-bond donors (Lipinski definition) is 0. The van der Waals surface area contributed by atoms with Crippen molar-refractivity contribution in [2.75, 3.05) is 0 Å². The predicted octanol–water partition coefficient (Wildman–Crippen LogP) is 3.95. The van der Waals surface area contributed by atoms with Crippen molar-refractivity contribution < 1.29 is 18.7 Å². The van der Waals surface area contributed by atoms with Gasteiger partial charge in [-0.1, -0.05) is 40.2 Å². The Morgan fingerprint density at radius 3 is 2.59 bits per heavy atom. The van der Waals surface area contributed by atoms with E-state index in [4.69, 9.17) is 9.15 Å². The number of nitrogens with zero attached hydrogens (tertiary/aromatic N) is 1. The molecule has 1 unspecified atom stereocenters. The Bertz CT molecular complexity index is 1020. The largest absolute Gasteiger partial charge is 0.454 e. The fraction of sp³-hybridized carbons (Fsp3) is 0.250. The number of ether oxygens (including phenoxy) is 1. The minimum absolute atomic E-state index is 0.101. The number of ketones is 1. The summed E-state index contributed by atoms with van der Waals surface area (Å²) in [4.78, 5) is 36.2. The Balaban J connectivity index is 1.53. The normalized spacial score (nSPS) is 12.1. The average Bonchev–Trinajstić information content (AvgIpc) is 2.97. The van der Waals surface area contributed by atoms with Crippen LogP contribution in [0.25, 0.3) is 11.1 Å². The van der Waals surface area contributed by atoms with Crippen molar-refractivity contribution in [3.05, 3.63) is 69.1 Å². The van der Waals surface area contributed by atoms with Gasteiger partial charge in [0.25, 0.3) is 0 Å². The van der Waals surface area contributed by atoms with Crippen LogP contribution in [-0.4, -0.2) is 22.4 Å². The third-order valence-electron chi connectivity index (χ3n) is 4.14. The summed E-state index contributed by atoms with van der Waals surface area (Å²) in [5.41, 5.74) is 1.68. The summed E-state index contributed by atoms with van der Waals surface area (Å²) in [5.74, 6) is -1.19. The van der Waals surface area contributed by atoms with Gasteiger partial charge < -0.3 is 9.15 Å². The van der Waals surface area contributed by atoms with E-state index in [0.717, 1.165) is 4.47 Å². The third-order valence-corrected chi connectivity index (χ3v) is 4.67. The molecule has 1 aromatic heterocycles. The van der Waals surface area contributed by atoms with Gasteiger partial charge in [-0.25, -0.2) is 4.79 Å². The molecule has 1 atom stereocenters. The van der Waals surface area contributed by atoms with Crippen molar-refractivity contribution in [2.45, 2.75) is 32.4 Å². The molecule has 2 aromatic carbocycles. The van der Waals surface area contributed by atoms with E-state index in [1.54, 1.807) is 49.4 Å². The van der Waals surface area contributed by atoms with Gasteiger partial charge in [0, 0.05) is 23.0 Å². The van der Waals surface area contributed by atoms with Gasteiger partial charge in [0.05, 0.1) is 5.52 Å². The first kappa shape index (κ1) is 19.1. The van der Waals surface area contributed by atoms with Gasteiger partial charge in [-0.05, 0) is 37.6 Å². The Hall–Kier alpha value is -2.67. The third kappa shape index (κ3) is 4.54. The molecule has 27 heavy (non-hydrogen) atoms. The molecule has 0 spiro atoms. The monoisotopic (exact) mass is 431 g/mol. The van der Waals surface area contributed by atoms with Crippen LogP contribution in [0, 0.1) is 0 Å². The minimum atomic E-state index is -0.865. The molecule has 0 bridgehead atoms. The van der Waals surface area contributed by atoms with E-state index in [9.17, 15) is 14.4 Å². The van der Waals surface area contributed by atoms with Gasteiger partial charge in [-0.15, -0.1) is 0 Å². The number of para-hydroxylation sites is 2. The Morgan fingerprint density at radius 2 is 1.85 bits per heavy atom. The quantitative estimate of drug-likeness (QED) is 0.417. The molecule has 3 rings (SSSR count). The van der Waals surface area contributed by atoms with Crippen LogP contribution in [-0.2, 0) is 16.1 Å². The number of fused-ring (bicyclic) bond motifs is 1. The summed E-state index contributed by atoms with van der Waals surface area (Å²) in [6.45, 7) is 1.89. The maximum absolute atomic E-state index is 12.3. The molecule has 0 fully saturated rings. The Kier molecular flexibility index (Phi) is 5.91. The van der Waals surface area contributed by atoms with Crippen LogP contribution in [0.2, 0.25) is 0 Å². The topological polar surface area (TPSA) is 78.5 Å². The van der Waals surface area contributed by atoms with E-state index in [2.05, 4.69) is 15.9 Å². The van der Waals surface area contributed by atoms with Gasteiger partial charge in [0.15, 0.2) is 11.7 Å². The van der Waals surface area contributed by atoms with E-state index < -0.39 is 17.8 Å². The second-order valence-corrected chi connectivity index (χ2v) is 7.01. The number of oxazole rings is 1. The van der Waals surface area contributed by atoms with Crippen molar-refractivity contribution in [2.24, 2.45) is 0 Å². The van der Waals surface area contributed by atoms with E-state index in [0.29, 0.717) is 29.6 Å². The van der Waals surface area contributed by atoms with Crippen LogP contribution in [0.3, 0.4) is 0 Å². The lowest BCUT2D eigenvalue weighted by atomic mass is 10.1. The highest BCUT2D eigenvalue weighted by molar-refractivity contribution is 9.10. The molecule has 0 saturated heterocycles. The molecule has 6 nitrogen and oxygen atoms in total. The predicted molar refractivity (Wildman–Crippen MR) is 104 cm³/mol. The second kappa shape index (κ2) is 8.35.